The number of benzene rings is 11. The van der Waals surface area contributed by atoms with Gasteiger partial charge >= 0.3 is 0 Å². The highest BCUT2D eigenvalue weighted by Crippen LogP contribution is 2.36. The van der Waals surface area contributed by atoms with Crippen LogP contribution < -0.4 is 0 Å². The van der Waals surface area contributed by atoms with Crippen molar-refractivity contribution in [3.8, 4) is 91.5 Å². The fourth-order valence-corrected chi connectivity index (χ4v) is 15.9. The molecule has 0 aliphatic rings. The van der Waals surface area contributed by atoms with Crippen molar-refractivity contribution in [1.82, 2.24) is 57.5 Å². The molecule has 9 heterocycles. The van der Waals surface area contributed by atoms with Crippen LogP contribution in [0, 0.1) is 13.8 Å². The van der Waals surface area contributed by atoms with E-state index in [2.05, 4.69) is 86.6 Å². The highest BCUT2D eigenvalue weighted by atomic mass is 32.1. The van der Waals surface area contributed by atoms with E-state index in [1.807, 2.05) is 169 Å². The zero-order valence-corrected chi connectivity index (χ0v) is 69.2. The minimum absolute atomic E-state index is 0.108. The molecule has 0 amide bonds. The SMILES string of the molecule is Cc1ccc(Cc2nc3c(Cc4ccccc4)nc(-c4cccc(O)c4)cn3c2O)cc1.Cc1cccc(Cc2nc3c(Cc4ccccc4)nc(-c4cccc(O)c4)cn3c2O)c1.Oc1cccc(-c2cn3c(O)c(Cc4ccccc4)nc3c(Cc3ccccc3)n2)c1.Oc1cccc(-c2cn3c(O)c(Cc4cccs4)nc3c(Cc3ccccc3)n2)c1. The molecule has 0 bridgehead atoms. The maximum Gasteiger partial charge on any atom is 0.219 e. The van der Waals surface area contributed by atoms with Gasteiger partial charge in [-0.15, -0.1) is 11.3 Å². The van der Waals surface area contributed by atoms with Crippen LogP contribution in [-0.4, -0.2) is 98.3 Å². The number of imidazole rings is 4. The first-order chi connectivity index (χ1) is 61.0. The lowest BCUT2D eigenvalue weighted by molar-refractivity contribution is 0.441. The molecule has 9 aromatic heterocycles. The Bertz CT molecular complexity index is 7170. The number of nitrogens with zero attached hydrogens (tertiary/aromatic N) is 12. The predicted molar refractivity (Wildman–Crippen MR) is 488 cm³/mol. The van der Waals surface area contributed by atoms with Crippen LogP contribution in [-0.2, 0) is 51.4 Å². The monoisotopic (exact) mass is 1660 g/mol. The molecule has 20 rings (SSSR count). The number of phenolic OH excluding ortho intramolecular Hbond substituents is 4. The first kappa shape index (κ1) is 81.4. The van der Waals surface area contributed by atoms with Crippen molar-refractivity contribution in [1.29, 1.82) is 0 Å². The zero-order valence-electron chi connectivity index (χ0n) is 68.3. The van der Waals surface area contributed by atoms with Gasteiger partial charge in [0.2, 0.25) is 23.5 Å². The number of phenols is 4. The van der Waals surface area contributed by atoms with Crippen molar-refractivity contribution >= 4 is 33.9 Å². The summed E-state index contributed by atoms with van der Waals surface area (Å²) in [6, 6.07) is 98.6. The van der Waals surface area contributed by atoms with Gasteiger partial charge in [0, 0.05) is 103 Å². The second-order valence-electron chi connectivity index (χ2n) is 30.7. The van der Waals surface area contributed by atoms with Gasteiger partial charge in [-0.1, -0.05) is 266 Å². The van der Waals surface area contributed by atoms with Crippen LogP contribution >= 0.6 is 11.3 Å². The fraction of sp³-hybridized carbons (Fsp3) is 0.0962. The van der Waals surface area contributed by atoms with Crippen molar-refractivity contribution < 1.29 is 40.9 Å². The van der Waals surface area contributed by atoms with Gasteiger partial charge in [-0.2, -0.15) is 0 Å². The summed E-state index contributed by atoms with van der Waals surface area (Å²) >= 11 is 1.64. The largest absolute Gasteiger partial charge is 0.508 e. The minimum atomic E-state index is 0.108. The third-order valence-corrected chi connectivity index (χ3v) is 22.3. The quantitative estimate of drug-likeness (QED) is 0.0352. The lowest BCUT2D eigenvalue weighted by Crippen LogP contribution is -2.00. The van der Waals surface area contributed by atoms with E-state index in [-0.39, 0.29) is 46.5 Å². The van der Waals surface area contributed by atoms with Gasteiger partial charge in [-0.05, 0) is 113 Å². The van der Waals surface area contributed by atoms with Crippen LogP contribution in [0.15, 0.2) is 340 Å². The molecular formula is C104H86N12O8S. The first-order valence-corrected chi connectivity index (χ1v) is 41.8. The summed E-state index contributed by atoms with van der Waals surface area (Å²) in [5.41, 5.74) is 23.9. The van der Waals surface area contributed by atoms with Gasteiger partial charge in [-0.3, -0.25) is 17.6 Å². The van der Waals surface area contributed by atoms with Gasteiger partial charge in [0.15, 0.2) is 22.6 Å². The summed E-state index contributed by atoms with van der Waals surface area (Å²) in [6.07, 6.45) is 11.6. The van der Waals surface area contributed by atoms with E-state index in [9.17, 15) is 40.9 Å². The van der Waals surface area contributed by atoms with E-state index in [0.29, 0.717) is 120 Å². The van der Waals surface area contributed by atoms with Crippen molar-refractivity contribution in [3.05, 3.63) is 440 Å². The Hall–Kier alpha value is -16.0. The number of hydrogen-bond acceptors (Lipinski definition) is 17. The van der Waals surface area contributed by atoms with E-state index in [0.717, 1.165) is 88.9 Å². The topological polar surface area (TPSA) is 283 Å². The lowest BCUT2D eigenvalue weighted by Gasteiger charge is -2.09. The number of hydrogen-bond donors (Lipinski definition) is 8. The number of thiophene rings is 1. The lowest BCUT2D eigenvalue weighted by atomic mass is 10.1. The van der Waals surface area contributed by atoms with E-state index in [1.165, 1.54) is 11.1 Å². The van der Waals surface area contributed by atoms with Gasteiger partial charge in [0.25, 0.3) is 0 Å². The molecule has 0 atom stereocenters. The molecule has 20 nitrogen and oxygen atoms in total. The third kappa shape index (κ3) is 19.3. The molecule has 0 saturated heterocycles. The maximum absolute atomic E-state index is 11.1. The predicted octanol–water partition coefficient (Wildman–Crippen LogP) is 20.6. The van der Waals surface area contributed by atoms with Crippen LogP contribution in [0.1, 0.15) is 100 Å². The van der Waals surface area contributed by atoms with Gasteiger partial charge in [0.05, 0.1) is 45.6 Å². The van der Waals surface area contributed by atoms with E-state index in [1.54, 1.807) is 127 Å². The Labute approximate surface area is 724 Å². The molecule has 0 fully saturated rings. The molecule has 11 aromatic carbocycles. The third-order valence-electron chi connectivity index (χ3n) is 21.4. The highest BCUT2D eigenvalue weighted by molar-refractivity contribution is 7.09. The standard InChI is InChI=1S/2C27H23N3O2.C26H21N3O2.C24H19N3O2S/c1-18-7-5-10-20(13-18)15-24-27(32)30-17-25(21-11-6-12-22(31)16-21)28-23(26(30)29-24)14-19-8-3-2-4-9-19;1-18-10-12-20(13-11-18)15-24-27(32)30-17-25(21-8-5-9-22(31)16-21)28-23(26(30)29-24)14-19-6-3-2-4-7-19;30-21-13-7-12-20(16-21)24-17-29-25(22(27-24)14-18-8-3-1-4-9-18)28-23(26(29)31)15-19-10-5-2-6-11-19;28-18-9-4-8-17(13-18)22-15-27-23(20(25-22)12-16-6-2-1-3-7-16)26-21(24(27)29)14-19-10-5-11-30-19/h2*2-13,16-17,31-32H,14-15H2,1H3;1-13,16-17,30-31H,14-15H2;1-11,13,15,28-29H,12,14H2. The maximum atomic E-state index is 11.1. The Balaban J connectivity index is 0.000000118. The fourth-order valence-electron chi connectivity index (χ4n) is 15.2. The van der Waals surface area contributed by atoms with Crippen molar-refractivity contribution in [2.45, 2.75) is 65.2 Å². The summed E-state index contributed by atoms with van der Waals surface area (Å²) in [5, 5.41) is 85.7. The van der Waals surface area contributed by atoms with Gasteiger partial charge in [-0.25, -0.2) is 39.9 Å². The van der Waals surface area contributed by atoms with Crippen LogP contribution in [0.2, 0.25) is 0 Å². The Morgan fingerprint density at radius 2 is 0.488 bits per heavy atom. The summed E-state index contributed by atoms with van der Waals surface area (Å²) in [7, 11) is 0. The zero-order chi connectivity index (χ0) is 85.9. The van der Waals surface area contributed by atoms with Crippen LogP contribution in [0.25, 0.3) is 67.6 Å². The number of aryl methyl sites for hydroxylation is 2. The molecule has 8 N–H and O–H groups in total. The minimum Gasteiger partial charge on any atom is -0.508 e. The molecule has 0 radical (unpaired) electrons. The summed E-state index contributed by atoms with van der Waals surface area (Å²) in [6.45, 7) is 4.10. The normalized spacial score (nSPS) is 11.2. The van der Waals surface area contributed by atoms with Crippen LogP contribution in [0.5, 0.6) is 46.5 Å². The molecule has 125 heavy (non-hydrogen) atoms. The van der Waals surface area contributed by atoms with Crippen LogP contribution in [0.3, 0.4) is 0 Å². The first-order valence-electron chi connectivity index (χ1n) is 40.9. The van der Waals surface area contributed by atoms with Crippen molar-refractivity contribution in [2.75, 3.05) is 0 Å². The van der Waals surface area contributed by atoms with E-state index < -0.39 is 0 Å². The molecule has 0 aliphatic carbocycles. The Kier molecular flexibility index (Phi) is 24.0. The van der Waals surface area contributed by atoms with Gasteiger partial charge < -0.3 is 40.9 Å². The molecular weight excluding hydrogens is 1580 g/mol. The average molecular weight is 1660 g/mol. The smallest absolute Gasteiger partial charge is 0.219 e. The molecule has 0 aliphatic heterocycles. The van der Waals surface area contributed by atoms with E-state index in [4.69, 9.17) is 39.9 Å². The van der Waals surface area contributed by atoms with E-state index >= 15 is 0 Å². The van der Waals surface area contributed by atoms with Gasteiger partial charge in [0.1, 0.15) is 45.8 Å². The summed E-state index contributed by atoms with van der Waals surface area (Å²) in [4.78, 5) is 39.7. The average Bonchev–Trinajstić information content (AvgIpc) is 1.60. The summed E-state index contributed by atoms with van der Waals surface area (Å²) < 4.78 is 6.81. The summed E-state index contributed by atoms with van der Waals surface area (Å²) in [5.74, 6) is 1.13. The van der Waals surface area contributed by atoms with Crippen LogP contribution in [0.4, 0.5) is 0 Å². The second kappa shape index (κ2) is 36.9. The number of fused-ring (bicyclic) bond motifs is 4. The Morgan fingerprint density at radius 1 is 0.224 bits per heavy atom. The molecule has 0 spiro atoms. The molecule has 20 aromatic rings. The number of aromatic hydroxyl groups is 8. The molecule has 0 saturated carbocycles. The number of aromatic nitrogens is 12. The van der Waals surface area contributed by atoms with Crippen molar-refractivity contribution in [3.63, 3.8) is 0 Å². The number of rotatable bonds is 20. The van der Waals surface area contributed by atoms with Crippen molar-refractivity contribution in [2.24, 2.45) is 0 Å². The second-order valence-corrected chi connectivity index (χ2v) is 31.7. The Morgan fingerprint density at radius 3 is 0.768 bits per heavy atom. The highest BCUT2D eigenvalue weighted by Gasteiger charge is 2.24. The molecule has 21 heteroatoms. The molecule has 0 unspecified atom stereocenters. The molecule has 616 valence electrons.